The Morgan fingerprint density at radius 3 is 2.33 bits per heavy atom. The molecule has 2 aromatic carbocycles. The molecule has 0 radical (unpaired) electrons. The van der Waals surface area contributed by atoms with E-state index in [9.17, 15) is 0 Å². The zero-order valence-electron chi connectivity index (χ0n) is 12.1. The highest BCUT2D eigenvalue weighted by atomic mass is 32.1. The Labute approximate surface area is 129 Å². The lowest BCUT2D eigenvalue weighted by Gasteiger charge is -2.02. The van der Waals surface area contributed by atoms with Crippen molar-refractivity contribution in [2.24, 2.45) is 12.0 Å². The Morgan fingerprint density at radius 1 is 0.952 bits per heavy atom. The van der Waals surface area contributed by atoms with Crippen molar-refractivity contribution in [2.45, 2.75) is 6.42 Å². The van der Waals surface area contributed by atoms with Gasteiger partial charge in [-0.2, -0.15) is 0 Å². The second-order valence-electron chi connectivity index (χ2n) is 4.95. The molecular weight excluding hydrogens is 276 g/mol. The molecule has 106 valence electrons. The Balaban J connectivity index is 1.78. The molecule has 0 fully saturated rings. The normalized spacial score (nSPS) is 11.8. The Hall–Kier alpha value is -2.13. The molecule has 3 heteroatoms. The third-order valence-electron chi connectivity index (χ3n) is 3.48. The van der Waals surface area contributed by atoms with Gasteiger partial charge in [0.1, 0.15) is 0 Å². The monoisotopic (exact) mass is 294 g/mol. The van der Waals surface area contributed by atoms with E-state index in [0.717, 1.165) is 17.8 Å². The number of rotatable bonds is 4. The van der Waals surface area contributed by atoms with Crippen molar-refractivity contribution in [3.63, 3.8) is 0 Å². The number of hydrogen-bond donors (Lipinski definition) is 0. The molecular formula is C18H18N2S. The van der Waals surface area contributed by atoms with Crippen LogP contribution in [0, 0.1) is 0 Å². The lowest BCUT2D eigenvalue weighted by Crippen LogP contribution is -2.12. The molecule has 0 saturated heterocycles. The SMILES string of the molecule is Cn1c(-c2ccccc2)csc1=NCCc1ccccc1. The van der Waals surface area contributed by atoms with E-state index in [-0.39, 0.29) is 0 Å². The minimum atomic E-state index is 0.826. The van der Waals surface area contributed by atoms with Crippen molar-refractivity contribution < 1.29 is 0 Å². The zero-order valence-corrected chi connectivity index (χ0v) is 12.9. The number of aromatic nitrogens is 1. The molecule has 0 N–H and O–H groups in total. The van der Waals surface area contributed by atoms with E-state index >= 15 is 0 Å². The van der Waals surface area contributed by atoms with E-state index in [4.69, 9.17) is 4.99 Å². The van der Waals surface area contributed by atoms with E-state index in [2.05, 4.69) is 65.5 Å². The summed E-state index contributed by atoms with van der Waals surface area (Å²) in [4.78, 5) is 5.80. The number of nitrogens with zero attached hydrogens (tertiary/aromatic N) is 2. The van der Waals surface area contributed by atoms with E-state index in [0.29, 0.717) is 0 Å². The van der Waals surface area contributed by atoms with Crippen LogP contribution in [-0.4, -0.2) is 11.1 Å². The van der Waals surface area contributed by atoms with Crippen LogP contribution in [-0.2, 0) is 13.5 Å². The second kappa shape index (κ2) is 6.55. The average molecular weight is 294 g/mol. The van der Waals surface area contributed by atoms with Crippen molar-refractivity contribution in [1.82, 2.24) is 4.57 Å². The molecule has 0 spiro atoms. The van der Waals surface area contributed by atoms with E-state index in [1.807, 2.05) is 12.1 Å². The molecule has 0 bridgehead atoms. The first-order valence-electron chi connectivity index (χ1n) is 7.09. The maximum absolute atomic E-state index is 4.73. The van der Waals surface area contributed by atoms with Gasteiger partial charge in [-0.15, -0.1) is 11.3 Å². The predicted octanol–water partition coefficient (Wildman–Crippen LogP) is 3.90. The molecule has 0 aliphatic heterocycles. The van der Waals surface area contributed by atoms with Gasteiger partial charge in [-0.1, -0.05) is 60.7 Å². The van der Waals surface area contributed by atoms with Crippen LogP contribution in [0.4, 0.5) is 0 Å². The standard InChI is InChI=1S/C18H18N2S/c1-20-17(16-10-6-3-7-11-16)14-21-18(20)19-13-12-15-8-4-2-5-9-15/h2-11,14H,12-13H2,1H3. The number of benzene rings is 2. The first kappa shape index (κ1) is 13.8. The average Bonchev–Trinajstić information content (AvgIpc) is 2.90. The van der Waals surface area contributed by atoms with Crippen molar-refractivity contribution in [3.8, 4) is 11.3 Å². The van der Waals surface area contributed by atoms with Gasteiger partial charge < -0.3 is 4.57 Å². The molecule has 3 aromatic rings. The van der Waals surface area contributed by atoms with Crippen LogP contribution in [0.2, 0.25) is 0 Å². The fraction of sp³-hybridized carbons (Fsp3) is 0.167. The first-order valence-corrected chi connectivity index (χ1v) is 7.97. The third-order valence-corrected chi connectivity index (χ3v) is 4.44. The van der Waals surface area contributed by atoms with Crippen molar-refractivity contribution >= 4 is 11.3 Å². The largest absolute Gasteiger partial charge is 0.320 e. The Kier molecular flexibility index (Phi) is 4.31. The molecule has 1 aromatic heterocycles. The maximum Gasteiger partial charge on any atom is 0.184 e. The van der Waals surface area contributed by atoms with Crippen LogP contribution in [0.1, 0.15) is 5.56 Å². The summed E-state index contributed by atoms with van der Waals surface area (Å²) >= 11 is 1.70. The summed E-state index contributed by atoms with van der Waals surface area (Å²) in [6.45, 7) is 0.826. The van der Waals surface area contributed by atoms with Gasteiger partial charge >= 0.3 is 0 Å². The van der Waals surface area contributed by atoms with Crippen LogP contribution in [0.3, 0.4) is 0 Å². The van der Waals surface area contributed by atoms with Gasteiger partial charge in [0.2, 0.25) is 0 Å². The van der Waals surface area contributed by atoms with Crippen molar-refractivity contribution in [1.29, 1.82) is 0 Å². The van der Waals surface area contributed by atoms with Gasteiger partial charge in [-0.3, -0.25) is 4.99 Å². The minimum absolute atomic E-state index is 0.826. The summed E-state index contributed by atoms with van der Waals surface area (Å²) < 4.78 is 2.17. The lowest BCUT2D eigenvalue weighted by atomic mass is 10.2. The van der Waals surface area contributed by atoms with Crippen molar-refractivity contribution in [3.05, 3.63) is 76.4 Å². The van der Waals surface area contributed by atoms with E-state index in [1.165, 1.54) is 16.8 Å². The molecule has 0 saturated carbocycles. The summed E-state index contributed by atoms with van der Waals surface area (Å²) in [5.74, 6) is 0. The molecule has 3 rings (SSSR count). The van der Waals surface area contributed by atoms with Crippen LogP contribution < -0.4 is 4.80 Å². The zero-order chi connectivity index (χ0) is 14.5. The van der Waals surface area contributed by atoms with Gasteiger partial charge in [-0.05, 0) is 17.5 Å². The molecule has 0 aliphatic carbocycles. The van der Waals surface area contributed by atoms with E-state index in [1.54, 1.807) is 11.3 Å². The Bertz CT molecular complexity index is 755. The number of thiazole rings is 1. The predicted molar refractivity (Wildman–Crippen MR) is 89.3 cm³/mol. The van der Waals surface area contributed by atoms with Gasteiger partial charge in [0.15, 0.2) is 4.80 Å². The lowest BCUT2D eigenvalue weighted by molar-refractivity contribution is 0.835. The van der Waals surface area contributed by atoms with Gasteiger partial charge in [-0.25, -0.2) is 0 Å². The molecule has 0 amide bonds. The summed E-state index contributed by atoms with van der Waals surface area (Å²) in [6, 6.07) is 21.0. The topological polar surface area (TPSA) is 17.3 Å². The fourth-order valence-corrected chi connectivity index (χ4v) is 3.24. The summed E-state index contributed by atoms with van der Waals surface area (Å²) in [5.41, 5.74) is 3.79. The molecule has 0 atom stereocenters. The van der Waals surface area contributed by atoms with Gasteiger partial charge in [0.05, 0.1) is 5.69 Å². The molecule has 2 nitrogen and oxygen atoms in total. The van der Waals surface area contributed by atoms with Crippen molar-refractivity contribution in [2.75, 3.05) is 6.54 Å². The Morgan fingerprint density at radius 2 is 1.62 bits per heavy atom. The highest BCUT2D eigenvalue weighted by Gasteiger charge is 2.03. The van der Waals surface area contributed by atoms with Crippen LogP contribution in [0.15, 0.2) is 71.0 Å². The minimum Gasteiger partial charge on any atom is -0.320 e. The fourth-order valence-electron chi connectivity index (χ4n) is 2.31. The van der Waals surface area contributed by atoms with Crippen LogP contribution in [0.25, 0.3) is 11.3 Å². The molecule has 0 aliphatic rings. The van der Waals surface area contributed by atoms with Crippen LogP contribution in [0.5, 0.6) is 0 Å². The van der Waals surface area contributed by atoms with Gasteiger partial charge in [0.25, 0.3) is 0 Å². The summed E-state index contributed by atoms with van der Waals surface area (Å²) in [6.07, 6.45) is 0.986. The van der Waals surface area contributed by atoms with Crippen LogP contribution >= 0.6 is 11.3 Å². The smallest absolute Gasteiger partial charge is 0.184 e. The molecule has 0 unspecified atom stereocenters. The molecule has 1 heterocycles. The second-order valence-corrected chi connectivity index (χ2v) is 5.78. The van der Waals surface area contributed by atoms with Gasteiger partial charge in [0, 0.05) is 19.0 Å². The maximum atomic E-state index is 4.73. The summed E-state index contributed by atoms with van der Waals surface area (Å²) in [5, 5.41) is 2.18. The van der Waals surface area contributed by atoms with E-state index < -0.39 is 0 Å². The highest BCUT2D eigenvalue weighted by Crippen LogP contribution is 2.18. The quantitative estimate of drug-likeness (QED) is 0.694. The third kappa shape index (κ3) is 3.31. The molecule has 21 heavy (non-hydrogen) atoms. The number of hydrogen-bond acceptors (Lipinski definition) is 2. The highest BCUT2D eigenvalue weighted by molar-refractivity contribution is 7.07. The summed E-state index contributed by atoms with van der Waals surface area (Å²) in [7, 11) is 2.08. The first-order chi connectivity index (χ1) is 10.3.